The van der Waals surface area contributed by atoms with E-state index in [2.05, 4.69) is 5.32 Å². The molecule has 4 fully saturated rings. The Morgan fingerprint density at radius 1 is 0.671 bits per heavy atom. The topological polar surface area (TPSA) is 277 Å². The number of anilines is 1. The van der Waals surface area contributed by atoms with Crippen LogP contribution >= 0.6 is 0 Å². The highest BCUT2D eigenvalue weighted by atomic mass is 32.2. The zero-order valence-electron chi connectivity index (χ0n) is 39.4. The summed E-state index contributed by atoms with van der Waals surface area (Å²) in [6.45, 7) is 2.51. The standard InChI is InChI=1S/C25H27N3O8S.C24H28FN3O7S/c29-22-21(17-18-5-2-1-3-6-18)26-24(31)28(22)13-4-14-36-19-7-9-20(10-8-19)37(33,34)25(23(30)27-32)11-15-35-16-12-25;25-18-2-4-19(5-3-18)28-14-13-27(23(28)30)12-1-15-35-20-6-8-21(9-7-20)36(32,33)24(22(29)26-31)10-16-34-17-11-24/h1-3,5-10,17,32H,4,11-16H2,(H,26,31)(H,27,30);2-9,31H,1,10-17H2,(H,26,29)/b21-17-;. The SMILES string of the molecule is O=C1N(CCCOc2ccc(S(=O)(=O)C3(C(=O)NO)CCOCC3)cc2)CCN1c1ccc(F)cc1.O=C1N/C(=C\c2ccccc2)C(=O)N1CCCOc1ccc(S(=O)(=O)C2(C(=O)NO)CCOCC2)cc1. The first kappa shape index (κ1) is 53.8. The van der Waals surface area contributed by atoms with Gasteiger partial charge in [-0.25, -0.2) is 41.8 Å². The summed E-state index contributed by atoms with van der Waals surface area (Å²) >= 11 is 0. The number of nitrogens with one attached hydrogen (secondary N) is 3. The van der Waals surface area contributed by atoms with Crippen molar-refractivity contribution in [3.8, 4) is 11.5 Å². The fraction of sp³-hybridized carbons (Fsp3) is 0.367. The number of carbonyl (C=O) groups is 5. The minimum atomic E-state index is -4.13. The monoisotopic (exact) mass is 1050 g/mol. The molecule has 4 aromatic rings. The molecule has 5 N–H and O–H groups in total. The van der Waals surface area contributed by atoms with Crippen LogP contribution in [0, 0.1) is 5.82 Å². The maximum atomic E-state index is 13.3. The number of urea groups is 2. The van der Waals surface area contributed by atoms with E-state index in [1.54, 1.807) is 28.0 Å². The van der Waals surface area contributed by atoms with Gasteiger partial charge in [-0.3, -0.25) is 34.6 Å². The smallest absolute Gasteiger partial charge is 0.329 e. The first-order valence-corrected chi connectivity index (χ1v) is 26.2. The van der Waals surface area contributed by atoms with Crippen molar-refractivity contribution in [1.29, 1.82) is 0 Å². The molecule has 4 saturated heterocycles. The molecule has 4 aliphatic rings. The second-order valence-corrected chi connectivity index (χ2v) is 21.7. The van der Waals surface area contributed by atoms with E-state index in [0.717, 1.165) is 10.5 Å². The van der Waals surface area contributed by atoms with Crippen molar-refractivity contribution < 1.29 is 74.6 Å². The van der Waals surface area contributed by atoms with E-state index in [9.17, 15) is 45.2 Å². The molecule has 4 aromatic carbocycles. The number of halogens is 1. The molecule has 0 aliphatic carbocycles. The first-order chi connectivity index (χ1) is 35.1. The number of nitrogens with zero attached hydrogens (tertiary/aromatic N) is 3. The minimum Gasteiger partial charge on any atom is -0.494 e. The Morgan fingerprint density at radius 3 is 1.63 bits per heavy atom. The van der Waals surface area contributed by atoms with Gasteiger partial charge in [0.2, 0.25) is 0 Å². The van der Waals surface area contributed by atoms with E-state index < -0.39 is 52.9 Å². The summed E-state index contributed by atoms with van der Waals surface area (Å²) in [6.07, 6.45) is 2.25. The average molecular weight is 1050 g/mol. The van der Waals surface area contributed by atoms with Crippen LogP contribution in [-0.2, 0) is 43.5 Å². The predicted molar refractivity (Wildman–Crippen MR) is 258 cm³/mol. The lowest BCUT2D eigenvalue weighted by Gasteiger charge is -2.34. The van der Waals surface area contributed by atoms with Gasteiger partial charge in [-0.05, 0) is 123 Å². The van der Waals surface area contributed by atoms with Gasteiger partial charge in [0, 0.05) is 58.3 Å². The Labute approximate surface area is 420 Å². The number of ether oxygens (including phenoxy) is 4. The number of rotatable bonds is 18. The third-order valence-electron chi connectivity index (χ3n) is 12.9. The van der Waals surface area contributed by atoms with E-state index in [1.807, 2.05) is 30.3 Å². The molecule has 4 aliphatic heterocycles. The molecular weight excluding hydrogens is 996 g/mol. The number of amides is 7. The summed E-state index contributed by atoms with van der Waals surface area (Å²) in [5.41, 5.74) is 4.62. The molecule has 0 unspecified atom stereocenters. The lowest BCUT2D eigenvalue weighted by Crippen LogP contribution is -2.54. The molecule has 0 radical (unpaired) electrons. The van der Waals surface area contributed by atoms with Gasteiger partial charge in [-0.2, -0.15) is 0 Å². The number of imide groups is 1. The second kappa shape index (κ2) is 23.7. The molecule has 21 nitrogen and oxygen atoms in total. The third-order valence-corrected chi connectivity index (χ3v) is 17.9. The highest BCUT2D eigenvalue weighted by molar-refractivity contribution is 7.94. The van der Waals surface area contributed by atoms with Gasteiger partial charge in [-0.1, -0.05) is 30.3 Å². The number of hydroxylamine groups is 2. The van der Waals surface area contributed by atoms with Gasteiger partial charge in [0.1, 0.15) is 23.0 Å². The Balaban J connectivity index is 0.000000214. The van der Waals surface area contributed by atoms with Crippen LogP contribution in [0.15, 0.2) is 119 Å². The maximum Gasteiger partial charge on any atom is 0.329 e. The van der Waals surface area contributed by atoms with Crippen molar-refractivity contribution in [3.05, 3.63) is 120 Å². The molecule has 4 heterocycles. The Morgan fingerprint density at radius 2 is 1.15 bits per heavy atom. The van der Waals surface area contributed by atoms with Gasteiger partial charge >= 0.3 is 12.1 Å². The number of hydrogen-bond acceptors (Lipinski definition) is 15. The molecule has 7 amide bonds. The number of carbonyl (C=O) groups excluding carboxylic acids is 5. The fourth-order valence-corrected chi connectivity index (χ4v) is 12.6. The second-order valence-electron chi connectivity index (χ2n) is 17.2. The van der Waals surface area contributed by atoms with Gasteiger partial charge in [0.25, 0.3) is 17.7 Å². The van der Waals surface area contributed by atoms with Crippen molar-refractivity contribution in [2.45, 2.75) is 57.8 Å². The van der Waals surface area contributed by atoms with E-state index in [0.29, 0.717) is 56.3 Å². The Hall–Kier alpha value is -6.96. The molecule has 24 heteroatoms. The molecule has 0 saturated carbocycles. The zero-order chi connectivity index (χ0) is 52.2. The quantitative estimate of drug-likeness (QED) is 0.0307. The molecule has 0 spiro atoms. The van der Waals surface area contributed by atoms with Crippen LogP contribution in [0.5, 0.6) is 11.5 Å². The molecule has 0 aromatic heterocycles. The van der Waals surface area contributed by atoms with Crippen LogP contribution in [0.1, 0.15) is 44.1 Å². The van der Waals surface area contributed by atoms with Gasteiger partial charge in [-0.15, -0.1) is 0 Å². The van der Waals surface area contributed by atoms with Crippen molar-refractivity contribution in [3.63, 3.8) is 0 Å². The molecule has 0 bridgehead atoms. The largest absolute Gasteiger partial charge is 0.494 e. The summed E-state index contributed by atoms with van der Waals surface area (Å²) < 4.78 is 84.4. The highest BCUT2D eigenvalue weighted by Crippen LogP contribution is 2.37. The van der Waals surface area contributed by atoms with Crippen LogP contribution in [0.4, 0.5) is 19.7 Å². The van der Waals surface area contributed by atoms with Crippen molar-refractivity contribution in [1.82, 2.24) is 26.1 Å². The summed E-state index contributed by atoms with van der Waals surface area (Å²) in [5, 5.41) is 20.9. The summed E-state index contributed by atoms with van der Waals surface area (Å²) in [5.74, 6) is -1.91. The van der Waals surface area contributed by atoms with E-state index in [1.165, 1.54) is 71.6 Å². The van der Waals surface area contributed by atoms with Crippen LogP contribution in [-0.4, -0.2) is 142 Å². The maximum absolute atomic E-state index is 13.3. The highest BCUT2D eigenvalue weighted by Gasteiger charge is 2.53. The lowest BCUT2D eigenvalue weighted by atomic mass is 9.98. The van der Waals surface area contributed by atoms with Crippen molar-refractivity contribution in [2.75, 3.05) is 70.7 Å². The van der Waals surface area contributed by atoms with Gasteiger partial charge in [0.15, 0.2) is 29.2 Å². The number of benzene rings is 4. The lowest BCUT2D eigenvalue weighted by molar-refractivity contribution is -0.135. The van der Waals surface area contributed by atoms with Crippen LogP contribution < -0.4 is 30.7 Å². The Kier molecular flexibility index (Phi) is 17.5. The molecular formula is C49H55FN6O15S2. The van der Waals surface area contributed by atoms with Gasteiger partial charge in [0.05, 0.1) is 23.0 Å². The Bertz CT molecular complexity index is 2860. The minimum absolute atomic E-state index is 0.0519. The van der Waals surface area contributed by atoms with Crippen molar-refractivity contribution in [2.24, 2.45) is 0 Å². The molecule has 390 valence electrons. The average Bonchev–Trinajstić information content (AvgIpc) is 3.91. The van der Waals surface area contributed by atoms with Crippen LogP contribution in [0.3, 0.4) is 0 Å². The summed E-state index contributed by atoms with van der Waals surface area (Å²) in [7, 11) is -8.23. The van der Waals surface area contributed by atoms with Crippen LogP contribution in [0.25, 0.3) is 6.08 Å². The predicted octanol–water partition coefficient (Wildman–Crippen LogP) is 4.24. The molecule has 0 atom stereocenters. The zero-order valence-corrected chi connectivity index (χ0v) is 41.1. The molecule has 8 rings (SSSR count). The fourth-order valence-electron chi connectivity index (χ4n) is 8.72. The summed E-state index contributed by atoms with van der Waals surface area (Å²) in [6, 6.07) is 25.7. The van der Waals surface area contributed by atoms with E-state index >= 15 is 0 Å². The van der Waals surface area contributed by atoms with Gasteiger partial charge < -0.3 is 29.2 Å². The third kappa shape index (κ3) is 11.8. The first-order valence-electron chi connectivity index (χ1n) is 23.3. The number of sulfone groups is 2. The van der Waals surface area contributed by atoms with E-state index in [4.69, 9.17) is 29.4 Å². The van der Waals surface area contributed by atoms with Crippen molar-refractivity contribution >= 4 is 61.2 Å². The molecule has 73 heavy (non-hydrogen) atoms. The van der Waals surface area contributed by atoms with E-state index in [-0.39, 0.29) is 92.6 Å². The summed E-state index contributed by atoms with van der Waals surface area (Å²) in [4.78, 5) is 66.3. The normalized spacial score (nSPS) is 18.2. The van der Waals surface area contributed by atoms with Crippen LogP contribution in [0.2, 0.25) is 0 Å². The number of hydrogen-bond donors (Lipinski definition) is 5.